The van der Waals surface area contributed by atoms with Gasteiger partial charge in [-0.1, -0.05) is 13.3 Å². The van der Waals surface area contributed by atoms with Crippen molar-refractivity contribution >= 4 is 72.8 Å². The summed E-state index contributed by atoms with van der Waals surface area (Å²) < 4.78 is 3.78. The molecular weight excluding hydrogens is 364 g/mol. The van der Waals surface area contributed by atoms with Gasteiger partial charge in [-0.05, 0) is 29.6 Å². The SMILES string of the molecule is CCCCn1c[n+](C)c(Cl)c1Cl.[Cl][Al-]([Cl])([Cl])[Cl]. The number of unbranched alkanes of at least 4 members (excludes halogenated alkanes) is 1. The Bertz CT molecular complexity index is 343. The van der Waals surface area contributed by atoms with Gasteiger partial charge in [0.15, 0.2) is 0 Å². The monoisotopic (exact) mass is 374 g/mol. The van der Waals surface area contributed by atoms with E-state index in [0.717, 1.165) is 19.4 Å². The first kappa shape index (κ1) is 18.5. The van der Waals surface area contributed by atoms with Crippen LogP contribution in [0.4, 0.5) is 0 Å². The lowest BCUT2D eigenvalue weighted by Crippen LogP contribution is -2.26. The lowest BCUT2D eigenvalue weighted by Gasteiger charge is -1.97. The van der Waals surface area contributed by atoms with Crippen LogP contribution in [0.2, 0.25) is 10.3 Å². The summed E-state index contributed by atoms with van der Waals surface area (Å²) in [5.41, 5.74) is 0. The number of rotatable bonds is 3. The molecule has 0 atom stereocenters. The predicted molar refractivity (Wildman–Crippen MR) is 79.7 cm³/mol. The fraction of sp³-hybridized carbons (Fsp3) is 0.625. The van der Waals surface area contributed by atoms with E-state index in [9.17, 15) is 0 Å². The van der Waals surface area contributed by atoms with Crippen LogP contribution in [-0.2, 0) is 13.6 Å². The normalized spacial score (nSPS) is 11.1. The lowest BCUT2D eigenvalue weighted by molar-refractivity contribution is -0.668. The minimum Gasteiger partial charge on any atom is -0.391 e. The summed E-state index contributed by atoms with van der Waals surface area (Å²) in [5.74, 6) is 0. The summed E-state index contributed by atoms with van der Waals surface area (Å²) in [5, 5.41) is 1.24. The first-order valence-electron chi connectivity index (χ1n) is 4.93. The van der Waals surface area contributed by atoms with Gasteiger partial charge in [0.05, 0.1) is 13.6 Å². The Labute approximate surface area is 131 Å². The maximum Gasteiger partial charge on any atom is 0.564 e. The molecule has 0 spiro atoms. The van der Waals surface area contributed by atoms with E-state index in [4.69, 9.17) is 63.4 Å². The molecule has 1 heterocycles. The average molecular weight is 377 g/mol. The Morgan fingerprint density at radius 3 is 2.00 bits per heavy atom. The quantitative estimate of drug-likeness (QED) is 0.529. The lowest BCUT2D eigenvalue weighted by atomic mass is 10.3. The highest BCUT2D eigenvalue weighted by Gasteiger charge is 2.16. The summed E-state index contributed by atoms with van der Waals surface area (Å²) in [6.07, 6.45) is 4.21. The molecule has 0 N–H and O–H groups in total. The second-order valence-corrected chi connectivity index (χ2v) is 16.9. The molecule has 0 fully saturated rings. The third-order valence-corrected chi connectivity index (χ3v) is 2.74. The molecule has 0 unspecified atom stereocenters. The maximum absolute atomic E-state index is 5.96. The van der Waals surface area contributed by atoms with Gasteiger partial charge in [0.2, 0.25) is 6.33 Å². The van der Waals surface area contributed by atoms with Crippen molar-refractivity contribution in [2.75, 3.05) is 0 Å². The number of hydrogen-bond donors (Lipinski definition) is 0. The third-order valence-electron chi connectivity index (χ3n) is 1.80. The van der Waals surface area contributed by atoms with E-state index in [2.05, 4.69) is 6.92 Å². The maximum atomic E-state index is 5.96. The van der Waals surface area contributed by atoms with Crippen molar-refractivity contribution in [2.45, 2.75) is 26.3 Å². The first-order chi connectivity index (χ1) is 7.66. The van der Waals surface area contributed by atoms with Gasteiger partial charge in [-0.15, -0.1) is 0 Å². The fourth-order valence-electron chi connectivity index (χ4n) is 1.06. The zero-order chi connectivity index (χ0) is 13.6. The zero-order valence-corrected chi connectivity index (χ0v) is 15.1. The van der Waals surface area contributed by atoms with E-state index < -0.39 is 9.39 Å². The molecule has 0 saturated carbocycles. The van der Waals surface area contributed by atoms with Gasteiger partial charge < -0.3 is 40.2 Å². The number of halogens is 6. The summed E-state index contributed by atoms with van der Waals surface area (Å²) in [4.78, 5) is 0. The second kappa shape index (κ2) is 8.61. The molecule has 0 bridgehead atoms. The zero-order valence-electron chi connectivity index (χ0n) is 9.44. The molecule has 1 aromatic rings. The van der Waals surface area contributed by atoms with Crippen LogP contribution in [-0.4, -0.2) is 14.0 Å². The van der Waals surface area contributed by atoms with Gasteiger partial charge in [0.25, 0.3) is 10.3 Å². The molecule has 9 heteroatoms. The highest BCUT2D eigenvalue weighted by Crippen LogP contribution is 2.23. The van der Waals surface area contributed by atoms with Crippen LogP contribution in [0.3, 0.4) is 0 Å². The molecule has 0 aliphatic carbocycles. The van der Waals surface area contributed by atoms with E-state index >= 15 is 0 Å². The van der Waals surface area contributed by atoms with Crippen molar-refractivity contribution in [2.24, 2.45) is 7.05 Å². The molecule has 1 aromatic heterocycles. The van der Waals surface area contributed by atoms with Gasteiger partial charge in [-0.2, -0.15) is 0 Å². The standard InChI is InChI=1S/C8H13Cl2N2.Al.4ClH/c1-3-4-5-12-6-11(2)7(9)8(12)10;;;;;/h6H,3-5H2,1-2H3;;4*1H/q+1;+3;;;;/p-4. The molecule has 17 heavy (non-hydrogen) atoms. The van der Waals surface area contributed by atoms with Crippen molar-refractivity contribution in [3.63, 3.8) is 0 Å². The van der Waals surface area contributed by atoms with Gasteiger partial charge >= 0.3 is 9.39 Å². The van der Waals surface area contributed by atoms with E-state index in [-0.39, 0.29) is 0 Å². The Morgan fingerprint density at radius 1 is 1.24 bits per heavy atom. The van der Waals surface area contributed by atoms with Crippen LogP contribution in [0.25, 0.3) is 0 Å². The van der Waals surface area contributed by atoms with Crippen LogP contribution in [0, 0.1) is 0 Å². The Morgan fingerprint density at radius 2 is 1.71 bits per heavy atom. The smallest absolute Gasteiger partial charge is 0.391 e. The minimum atomic E-state index is -2.94. The summed E-state index contributed by atoms with van der Waals surface area (Å²) >= 11 is 11.8. The number of aryl methyl sites for hydroxylation is 2. The van der Waals surface area contributed by atoms with Crippen molar-refractivity contribution in [3.05, 3.63) is 16.6 Å². The van der Waals surface area contributed by atoms with Gasteiger partial charge in [-0.25, -0.2) is 9.13 Å². The van der Waals surface area contributed by atoms with Crippen molar-refractivity contribution in [1.82, 2.24) is 4.57 Å². The molecule has 100 valence electrons. The molecule has 0 saturated heterocycles. The predicted octanol–water partition coefficient (Wildman–Crippen LogP) is 4.80. The van der Waals surface area contributed by atoms with E-state index in [0.29, 0.717) is 10.3 Å². The molecule has 0 aromatic carbocycles. The van der Waals surface area contributed by atoms with Crippen molar-refractivity contribution in [3.8, 4) is 0 Å². The van der Waals surface area contributed by atoms with Crippen LogP contribution < -0.4 is 4.57 Å². The second-order valence-electron chi connectivity index (χ2n) is 3.35. The van der Waals surface area contributed by atoms with Crippen LogP contribution in [0.15, 0.2) is 6.33 Å². The fourth-order valence-corrected chi connectivity index (χ4v) is 1.47. The molecule has 0 amide bonds. The summed E-state index contributed by atoms with van der Waals surface area (Å²) in [6, 6.07) is 0. The largest absolute Gasteiger partial charge is 0.564 e. The number of nitrogens with zero attached hydrogens (tertiary/aromatic N) is 2. The molecule has 1 rings (SSSR count). The summed E-state index contributed by atoms with van der Waals surface area (Å²) in [7, 11) is 18.9. The number of imidazole rings is 1. The van der Waals surface area contributed by atoms with Crippen LogP contribution in [0.1, 0.15) is 19.8 Å². The highest BCUT2D eigenvalue weighted by atomic mass is 35.9. The summed E-state index contributed by atoms with van der Waals surface area (Å²) in [6.45, 7) is 3.09. The minimum absolute atomic E-state index is 0.604. The van der Waals surface area contributed by atoms with Gasteiger partial charge in [-0.3, -0.25) is 0 Å². The van der Waals surface area contributed by atoms with E-state index in [1.54, 1.807) is 0 Å². The Hall–Kier alpha value is 1.48. The molecule has 0 radical (unpaired) electrons. The van der Waals surface area contributed by atoms with E-state index in [1.807, 2.05) is 22.5 Å². The Kier molecular flexibility index (Phi) is 9.36. The molecular formula is C8H13AlCl6N2. The first-order valence-corrected chi connectivity index (χ1v) is 12.7. The van der Waals surface area contributed by atoms with E-state index in [1.165, 1.54) is 0 Å². The Balaban J connectivity index is 0.000000437. The van der Waals surface area contributed by atoms with Gasteiger partial charge in [0.1, 0.15) is 0 Å². The topological polar surface area (TPSA) is 8.81 Å². The number of aromatic nitrogens is 2. The molecule has 0 aliphatic heterocycles. The van der Waals surface area contributed by atoms with Crippen LogP contribution in [0.5, 0.6) is 0 Å². The molecule has 2 nitrogen and oxygen atoms in total. The van der Waals surface area contributed by atoms with Crippen molar-refractivity contribution < 1.29 is 4.57 Å². The third kappa shape index (κ3) is 9.08. The highest BCUT2D eigenvalue weighted by molar-refractivity contribution is 7.81. The molecule has 0 aliphatic rings. The number of hydrogen-bond acceptors (Lipinski definition) is 0. The van der Waals surface area contributed by atoms with Crippen molar-refractivity contribution in [1.29, 1.82) is 0 Å². The van der Waals surface area contributed by atoms with Crippen LogP contribution >= 0.6 is 63.4 Å². The average Bonchev–Trinajstić information content (AvgIpc) is 2.40. The van der Waals surface area contributed by atoms with Gasteiger partial charge in [0, 0.05) is 0 Å².